The van der Waals surface area contributed by atoms with Crippen molar-refractivity contribution in [2.24, 2.45) is 0 Å². The number of aryl methyl sites for hydroxylation is 1. The average molecular weight is 398 g/mol. The first-order valence-corrected chi connectivity index (χ1v) is 9.31. The van der Waals surface area contributed by atoms with Crippen molar-refractivity contribution in [3.63, 3.8) is 0 Å². The van der Waals surface area contributed by atoms with Gasteiger partial charge in [0.25, 0.3) is 5.56 Å². The predicted octanol–water partition coefficient (Wildman–Crippen LogP) is 1.84. The molecule has 140 valence electrons. The summed E-state index contributed by atoms with van der Waals surface area (Å²) in [6.45, 7) is 5.30. The van der Waals surface area contributed by atoms with Gasteiger partial charge in [0.2, 0.25) is 11.8 Å². The Morgan fingerprint density at radius 2 is 2.15 bits per heavy atom. The number of carbonyl (C=O) groups excluding carboxylic acids is 2. The Labute approximate surface area is 157 Å². The van der Waals surface area contributed by atoms with Crippen molar-refractivity contribution in [2.75, 3.05) is 19.0 Å². The molecule has 0 unspecified atom stereocenters. The maximum absolute atomic E-state index is 12.3. The van der Waals surface area contributed by atoms with Crippen molar-refractivity contribution in [2.45, 2.75) is 31.2 Å². The number of amides is 1. The number of H-pyrrole nitrogens is 1. The molecule has 2 aromatic rings. The molecule has 0 aliphatic heterocycles. The topological polar surface area (TPSA) is 123 Å². The van der Waals surface area contributed by atoms with Gasteiger partial charge in [-0.15, -0.1) is 0 Å². The molecule has 11 heteroatoms. The molecule has 0 radical (unpaired) electrons. The molecular weight excluding hydrogens is 380 g/mol. The number of nitrogens with zero attached hydrogens (tertiary/aromatic N) is 2. The Hall–Kier alpha value is -2.40. The molecule has 9 nitrogen and oxygen atoms in total. The number of thioether (sulfide) groups is 1. The fourth-order valence-electron chi connectivity index (χ4n) is 1.84. The summed E-state index contributed by atoms with van der Waals surface area (Å²) in [5.74, 6) is -0.647. The van der Waals surface area contributed by atoms with Crippen LogP contribution in [0.15, 0.2) is 16.0 Å². The largest absolute Gasteiger partial charge is 0.481 e. The van der Waals surface area contributed by atoms with Crippen molar-refractivity contribution >= 4 is 40.1 Å². The molecule has 0 saturated heterocycles. The number of nitrogens with one attached hydrogen (secondary N) is 2. The second-order valence-corrected chi connectivity index (χ2v) is 7.32. The van der Waals surface area contributed by atoms with E-state index >= 15 is 0 Å². The molecular formula is C15H18N4O5S2. The molecule has 2 N–H and O–H groups in total. The summed E-state index contributed by atoms with van der Waals surface area (Å²) in [7, 11) is 1.40. The van der Waals surface area contributed by atoms with Crippen LogP contribution in [0.3, 0.4) is 0 Å². The highest BCUT2D eigenvalue weighted by Crippen LogP contribution is 2.25. The molecule has 0 aliphatic rings. The van der Waals surface area contributed by atoms with E-state index in [1.54, 1.807) is 20.8 Å². The number of rotatable bonds is 7. The normalized spacial score (nSPS) is 11.7. The van der Waals surface area contributed by atoms with Gasteiger partial charge in [-0.1, -0.05) is 23.1 Å². The number of esters is 1. The Morgan fingerprint density at radius 1 is 1.42 bits per heavy atom. The molecule has 0 fully saturated rings. The lowest BCUT2D eigenvalue weighted by Crippen LogP contribution is -2.23. The minimum atomic E-state index is -0.569. The molecule has 0 aliphatic carbocycles. The smallest absolute Gasteiger partial charge is 0.350 e. The number of hydrogen-bond acceptors (Lipinski definition) is 9. The minimum absolute atomic E-state index is 0.165. The first-order chi connectivity index (χ1) is 12.3. The summed E-state index contributed by atoms with van der Waals surface area (Å²) < 4.78 is 9.88. The molecule has 0 bridgehead atoms. The van der Waals surface area contributed by atoms with Gasteiger partial charge in [-0.05, 0) is 20.8 Å². The van der Waals surface area contributed by atoms with Crippen LogP contribution in [0, 0.1) is 6.92 Å². The van der Waals surface area contributed by atoms with E-state index in [1.807, 2.05) is 0 Å². The molecule has 2 heterocycles. The fourth-order valence-corrected chi connectivity index (χ4v) is 3.50. The number of hydrogen-bond donors (Lipinski definition) is 2. The molecule has 2 rings (SSSR count). The Kier molecular flexibility index (Phi) is 6.75. The zero-order chi connectivity index (χ0) is 19.3. The zero-order valence-electron chi connectivity index (χ0n) is 14.6. The second-order valence-electron chi connectivity index (χ2n) is 5.00. The van der Waals surface area contributed by atoms with Gasteiger partial charge >= 0.3 is 5.97 Å². The van der Waals surface area contributed by atoms with Gasteiger partial charge in [0.1, 0.15) is 4.88 Å². The Bertz CT molecular complexity index is 864. The maximum Gasteiger partial charge on any atom is 0.350 e. The lowest BCUT2D eigenvalue weighted by molar-refractivity contribution is -0.115. The van der Waals surface area contributed by atoms with Crippen LogP contribution < -0.4 is 15.6 Å². The second kappa shape index (κ2) is 8.81. The van der Waals surface area contributed by atoms with Crippen LogP contribution in [0.1, 0.15) is 29.2 Å². The third-order valence-corrected chi connectivity index (χ3v) is 5.09. The van der Waals surface area contributed by atoms with E-state index in [2.05, 4.69) is 20.3 Å². The van der Waals surface area contributed by atoms with E-state index in [4.69, 9.17) is 9.47 Å². The lowest BCUT2D eigenvalue weighted by Gasteiger charge is -2.10. The van der Waals surface area contributed by atoms with Crippen LogP contribution >= 0.6 is 23.1 Å². The third-order valence-electron chi connectivity index (χ3n) is 3.05. The lowest BCUT2D eigenvalue weighted by atomic mass is 10.4. The van der Waals surface area contributed by atoms with Gasteiger partial charge in [-0.25, -0.2) is 9.78 Å². The van der Waals surface area contributed by atoms with Gasteiger partial charge in [-0.2, -0.15) is 4.98 Å². The highest BCUT2D eigenvalue weighted by Gasteiger charge is 2.21. The van der Waals surface area contributed by atoms with Gasteiger partial charge in [0.05, 0.1) is 30.7 Å². The van der Waals surface area contributed by atoms with Crippen molar-refractivity contribution < 1.29 is 19.1 Å². The van der Waals surface area contributed by atoms with Crippen LogP contribution in [0.2, 0.25) is 0 Å². The molecule has 0 spiro atoms. The van der Waals surface area contributed by atoms with Crippen LogP contribution in [0.5, 0.6) is 5.88 Å². The van der Waals surface area contributed by atoms with E-state index < -0.39 is 11.2 Å². The summed E-state index contributed by atoms with van der Waals surface area (Å²) in [6, 6.07) is 1.21. The Morgan fingerprint density at radius 3 is 2.81 bits per heavy atom. The van der Waals surface area contributed by atoms with Gasteiger partial charge in [0.15, 0.2) is 10.3 Å². The zero-order valence-corrected chi connectivity index (χ0v) is 16.2. The highest BCUT2D eigenvalue weighted by atomic mass is 32.2. The van der Waals surface area contributed by atoms with E-state index in [0.29, 0.717) is 15.7 Å². The standard InChI is InChI=1S/C15H18N4O5S2/c1-5-24-13(22)11-7(2)16-14(26-11)19-12(21)8(3)25-15-17-9(20)6-10(18-15)23-4/h6,8H,5H2,1-4H3,(H,16,19,21)(H,17,18,20)/t8-/m0/s1. The van der Waals surface area contributed by atoms with E-state index in [0.717, 1.165) is 23.1 Å². The number of methoxy groups -OCH3 is 1. The van der Waals surface area contributed by atoms with Crippen LogP contribution in [0.4, 0.5) is 5.13 Å². The number of aromatic nitrogens is 3. The number of carbonyl (C=O) groups is 2. The number of thiazole rings is 1. The fraction of sp³-hybridized carbons (Fsp3) is 0.400. The summed E-state index contributed by atoms with van der Waals surface area (Å²) in [5.41, 5.74) is 0.115. The third kappa shape index (κ3) is 5.05. The SMILES string of the molecule is CCOC(=O)c1sc(NC(=O)[C@H](C)Sc2nc(OC)cc(=O)[nH]2)nc1C. The van der Waals surface area contributed by atoms with E-state index in [-0.39, 0.29) is 29.1 Å². The monoisotopic (exact) mass is 398 g/mol. The summed E-state index contributed by atoms with van der Waals surface area (Å²) in [4.78, 5) is 46.8. The van der Waals surface area contributed by atoms with Gasteiger partial charge in [-0.3, -0.25) is 9.59 Å². The van der Waals surface area contributed by atoms with Crippen molar-refractivity contribution in [3.8, 4) is 5.88 Å². The van der Waals surface area contributed by atoms with Gasteiger partial charge < -0.3 is 19.8 Å². The number of aromatic amines is 1. The quantitative estimate of drug-likeness (QED) is 0.411. The Balaban J connectivity index is 2.05. The predicted molar refractivity (Wildman–Crippen MR) is 98.2 cm³/mol. The van der Waals surface area contributed by atoms with Crippen LogP contribution in [0.25, 0.3) is 0 Å². The summed E-state index contributed by atoms with van der Waals surface area (Å²) in [5, 5.41) is 2.65. The highest BCUT2D eigenvalue weighted by molar-refractivity contribution is 8.00. The molecule has 1 atom stereocenters. The van der Waals surface area contributed by atoms with Crippen molar-refractivity contribution in [1.29, 1.82) is 0 Å². The average Bonchev–Trinajstić information content (AvgIpc) is 2.94. The van der Waals surface area contributed by atoms with E-state index in [1.165, 1.54) is 13.2 Å². The molecule has 0 aromatic carbocycles. The summed E-state index contributed by atoms with van der Waals surface area (Å²) in [6.07, 6.45) is 0. The molecule has 0 saturated carbocycles. The number of ether oxygens (including phenoxy) is 2. The van der Waals surface area contributed by atoms with E-state index in [9.17, 15) is 14.4 Å². The first-order valence-electron chi connectivity index (χ1n) is 7.61. The molecule has 1 amide bonds. The minimum Gasteiger partial charge on any atom is -0.481 e. The van der Waals surface area contributed by atoms with Crippen LogP contribution in [-0.2, 0) is 9.53 Å². The number of anilines is 1. The van der Waals surface area contributed by atoms with Crippen molar-refractivity contribution in [1.82, 2.24) is 15.0 Å². The maximum atomic E-state index is 12.3. The molecule has 2 aromatic heterocycles. The molecule has 26 heavy (non-hydrogen) atoms. The summed E-state index contributed by atoms with van der Waals surface area (Å²) >= 11 is 2.11. The van der Waals surface area contributed by atoms with Crippen LogP contribution in [-0.4, -0.2) is 45.8 Å². The first kappa shape index (κ1) is 19.9. The van der Waals surface area contributed by atoms with Gasteiger partial charge in [0, 0.05) is 0 Å². The van der Waals surface area contributed by atoms with Crippen molar-refractivity contribution in [3.05, 3.63) is 27.0 Å².